The van der Waals surface area contributed by atoms with Gasteiger partial charge in [-0.25, -0.2) is 19.3 Å². The van der Waals surface area contributed by atoms with Crippen LogP contribution in [0.1, 0.15) is 23.1 Å². The first-order valence-corrected chi connectivity index (χ1v) is 10.9. The maximum Gasteiger partial charge on any atom is 0.251 e. The van der Waals surface area contributed by atoms with Crippen LogP contribution in [0, 0.1) is 5.82 Å². The summed E-state index contributed by atoms with van der Waals surface area (Å²) in [6.07, 6.45) is 4.41. The highest BCUT2D eigenvalue weighted by Crippen LogP contribution is 2.32. The third kappa shape index (κ3) is 4.45. The molecule has 4 heterocycles. The lowest BCUT2D eigenvalue weighted by atomic mass is 10.1. The Bertz CT molecular complexity index is 1520. The Kier molecular flexibility index (Phi) is 5.92. The molecule has 0 aliphatic carbocycles. The number of fused-ring (bicyclic) bond motifs is 2. The second-order valence-corrected chi connectivity index (χ2v) is 7.64. The minimum absolute atomic E-state index is 0.214. The molecule has 0 aliphatic rings. The maximum atomic E-state index is 14.6. The summed E-state index contributed by atoms with van der Waals surface area (Å²) in [5.41, 5.74) is 3.01. The van der Waals surface area contributed by atoms with Crippen molar-refractivity contribution < 1.29 is 18.7 Å². The van der Waals surface area contributed by atoms with E-state index in [1.54, 1.807) is 36.7 Å². The number of ether oxygens (including phenoxy) is 2. The van der Waals surface area contributed by atoms with Crippen molar-refractivity contribution in [2.24, 2.45) is 0 Å². The van der Waals surface area contributed by atoms with Gasteiger partial charge < -0.3 is 19.8 Å². The van der Waals surface area contributed by atoms with Crippen molar-refractivity contribution in [2.75, 3.05) is 13.7 Å². The van der Waals surface area contributed by atoms with E-state index in [0.29, 0.717) is 40.3 Å². The summed E-state index contributed by atoms with van der Waals surface area (Å²) in [5, 5.41) is 3.56. The molecule has 0 saturated carbocycles. The van der Waals surface area contributed by atoms with Gasteiger partial charge in [0.05, 0.1) is 49.4 Å². The van der Waals surface area contributed by atoms with Crippen LogP contribution < -0.4 is 14.8 Å². The van der Waals surface area contributed by atoms with E-state index in [4.69, 9.17) is 9.47 Å². The van der Waals surface area contributed by atoms with Crippen molar-refractivity contribution in [3.05, 3.63) is 72.2 Å². The first-order valence-electron chi connectivity index (χ1n) is 10.9. The molecule has 5 aromatic rings. The van der Waals surface area contributed by atoms with Crippen LogP contribution in [0.2, 0.25) is 0 Å². The molecule has 0 aliphatic heterocycles. The third-order valence-electron chi connectivity index (χ3n) is 5.40. The fraction of sp³-hybridized carbons (Fsp3) is 0.160. The number of carbonyl (C=O) groups is 1. The quantitative estimate of drug-likeness (QED) is 0.367. The summed E-state index contributed by atoms with van der Waals surface area (Å²) in [7, 11) is 1.45. The number of hydrogen-bond acceptors (Lipinski definition) is 7. The molecular formula is C25H21FN6O3. The number of aromatic amines is 1. The number of halogens is 1. The van der Waals surface area contributed by atoms with Crippen molar-refractivity contribution >= 4 is 27.8 Å². The molecule has 10 heteroatoms. The van der Waals surface area contributed by atoms with Gasteiger partial charge in [-0.05, 0) is 31.2 Å². The molecule has 5 rings (SSSR count). The number of rotatable bonds is 7. The van der Waals surface area contributed by atoms with Crippen LogP contribution in [0.25, 0.3) is 33.2 Å². The van der Waals surface area contributed by atoms with E-state index in [1.165, 1.54) is 13.2 Å². The molecule has 0 atom stereocenters. The van der Waals surface area contributed by atoms with Gasteiger partial charge >= 0.3 is 0 Å². The van der Waals surface area contributed by atoms with Gasteiger partial charge in [-0.3, -0.25) is 9.78 Å². The molecule has 35 heavy (non-hydrogen) atoms. The molecule has 4 aromatic heterocycles. The van der Waals surface area contributed by atoms with Crippen LogP contribution in [-0.2, 0) is 6.54 Å². The van der Waals surface area contributed by atoms with Gasteiger partial charge in [-0.2, -0.15) is 0 Å². The Balaban J connectivity index is 1.47. The molecule has 1 amide bonds. The molecule has 0 fully saturated rings. The molecule has 2 N–H and O–H groups in total. The van der Waals surface area contributed by atoms with E-state index < -0.39 is 5.82 Å². The SMILES string of the molecule is CCOc1cc(-c2cc(OC)ncc2F)nc2cc(C(=O)NCc3nc4cnccc4[nH]3)ccc12. The van der Waals surface area contributed by atoms with Gasteiger partial charge in [0.1, 0.15) is 17.1 Å². The zero-order valence-electron chi connectivity index (χ0n) is 19.0. The summed E-state index contributed by atoms with van der Waals surface area (Å²) >= 11 is 0. The van der Waals surface area contributed by atoms with Crippen LogP contribution in [0.3, 0.4) is 0 Å². The van der Waals surface area contributed by atoms with Gasteiger partial charge in [0.15, 0.2) is 5.82 Å². The lowest BCUT2D eigenvalue weighted by Gasteiger charge is -2.12. The van der Waals surface area contributed by atoms with Crippen LogP contribution >= 0.6 is 0 Å². The Morgan fingerprint density at radius 1 is 1.11 bits per heavy atom. The fourth-order valence-electron chi connectivity index (χ4n) is 3.74. The van der Waals surface area contributed by atoms with E-state index in [9.17, 15) is 9.18 Å². The lowest BCUT2D eigenvalue weighted by molar-refractivity contribution is 0.0950. The monoisotopic (exact) mass is 472 g/mol. The predicted molar refractivity (Wildman–Crippen MR) is 128 cm³/mol. The molecule has 0 unspecified atom stereocenters. The zero-order chi connectivity index (χ0) is 24.4. The summed E-state index contributed by atoms with van der Waals surface area (Å²) in [5.74, 6) is 0.562. The Morgan fingerprint density at radius 3 is 2.80 bits per heavy atom. The lowest BCUT2D eigenvalue weighted by Crippen LogP contribution is -2.23. The van der Waals surface area contributed by atoms with E-state index in [0.717, 1.165) is 17.2 Å². The molecule has 9 nitrogen and oxygen atoms in total. The van der Waals surface area contributed by atoms with E-state index >= 15 is 0 Å². The minimum atomic E-state index is -0.546. The Morgan fingerprint density at radius 2 is 2.00 bits per heavy atom. The summed E-state index contributed by atoms with van der Waals surface area (Å²) < 4.78 is 25.5. The predicted octanol–water partition coefficient (Wildman–Crippen LogP) is 4.04. The van der Waals surface area contributed by atoms with Crippen molar-refractivity contribution in [1.29, 1.82) is 0 Å². The summed E-state index contributed by atoms with van der Waals surface area (Å²) in [6.45, 7) is 2.49. The van der Waals surface area contributed by atoms with E-state index in [1.807, 2.05) is 13.0 Å². The van der Waals surface area contributed by atoms with Crippen LogP contribution in [0.5, 0.6) is 11.6 Å². The second-order valence-electron chi connectivity index (χ2n) is 7.64. The highest BCUT2D eigenvalue weighted by molar-refractivity contribution is 5.99. The topological polar surface area (TPSA) is 115 Å². The number of benzene rings is 1. The average Bonchev–Trinajstić information content (AvgIpc) is 3.30. The highest BCUT2D eigenvalue weighted by atomic mass is 19.1. The molecule has 1 aromatic carbocycles. The number of methoxy groups -OCH3 is 1. The number of nitrogens with zero attached hydrogens (tertiary/aromatic N) is 4. The third-order valence-corrected chi connectivity index (χ3v) is 5.40. The van der Waals surface area contributed by atoms with Crippen LogP contribution in [0.15, 0.2) is 55.0 Å². The number of imidazole rings is 1. The van der Waals surface area contributed by atoms with E-state index in [-0.39, 0.29) is 23.9 Å². The zero-order valence-corrected chi connectivity index (χ0v) is 19.0. The molecule has 176 valence electrons. The average molecular weight is 472 g/mol. The summed E-state index contributed by atoms with van der Waals surface area (Å²) in [6, 6.07) is 10.1. The number of nitrogens with one attached hydrogen (secondary N) is 2. The molecule has 0 saturated heterocycles. The Hall–Kier alpha value is -4.60. The second kappa shape index (κ2) is 9.34. The van der Waals surface area contributed by atoms with Gasteiger partial charge in [0, 0.05) is 34.8 Å². The molecule has 0 spiro atoms. The smallest absolute Gasteiger partial charge is 0.251 e. The maximum absolute atomic E-state index is 14.6. The van der Waals surface area contributed by atoms with Crippen molar-refractivity contribution in [3.63, 3.8) is 0 Å². The van der Waals surface area contributed by atoms with E-state index in [2.05, 4.69) is 30.2 Å². The number of H-pyrrole nitrogens is 1. The summed E-state index contributed by atoms with van der Waals surface area (Å²) in [4.78, 5) is 33.0. The highest BCUT2D eigenvalue weighted by Gasteiger charge is 2.16. The van der Waals surface area contributed by atoms with Crippen LogP contribution in [0.4, 0.5) is 4.39 Å². The standard InChI is InChI=1S/C25H21FN6O3/c1-3-35-22-10-20(16-9-24(34-2)28-11-17(16)26)30-19-8-14(4-5-15(19)22)25(33)29-13-23-31-18-6-7-27-12-21(18)32-23/h4-12H,3,13H2,1-2H3,(H,29,33)(H,31,32). The van der Waals surface area contributed by atoms with Gasteiger partial charge in [-0.1, -0.05) is 0 Å². The molecular weight excluding hydrogens is 451 g/mol. The van der Waals surface area contributed by atoms with Crippen LogP contribution in [-0.4, -0.2) is 44.5 Å². The van der Waals surface area contributed by atoms with Crippen molar-refractivity contribution in [3.8, 4) is 22.9 Å². The minimum Gasteiger partial charge on any atom is -0.493 e. The van der Waals surface area contributed by atoms with Crippen molar-refractivity contribution in [1.82, 2.24) is 30.2 Å². The molecule has 0 radical (unpaired) electrons. The largest absolute Gasteiger partial charge is 0.493 e. The first kappa shape index (κ1) is 22.2. The Labute approximate surface area is 199 Å². The van der Waals surface area contributed by atoms with Gasteiger partial charge in [0.2, 0.25) is 5.88 Å². The normalized spacial score (nSPS) is 11.1. The van der Waals surface area contributed by atoms with Crippen molar-refractivity contribution in [2.45, 2.75) is 13.5 Å². The van der Waals surface area contributed by atoms with Gasteiger partial charge in [0.25, 0.3) is 5.91 Å². The molecule has 0 bridgehead atoms. The number of carbonyl (C=O) groups excluding carboxylic acids is 1. The number of pyridine rings is 3. The number of amides is 1. The first-order chi connectivity index (χ1) is 17.1. The number of hydrogen-bond donors (Lipinski definition) is 2. The number of aromatic nitrogens is 5. The van der Waals surface area contributed by atoms with Gasteiger partial charge in [-0.15, -0.1) is 0 Å². The fourth-order valence-corrected chi connectivity index (χ4v) is 3.74.